The molecular weight excluding hydrogens is 316 g/mol. The summed E-state index contributed by atoms with van der Waals surface area (Å²) in [4.78, 5) is 11.6. The number of nitrogens with one attached hydrogen (secondary N) is 1. The van der Waals surface area contributed by atoms with Crippen LogP contribution in [0.5, 0.6) is 0 Å². The average molecular weight is 324 g/mol. The largest absolute Gasteiger partial charge is 0.397 e. The highest BCUT2D eigenvalue weighted by Crippen LogP contribution is 2.30. The van der Waals surface area contributed by atoms with E-state index >= 15 is 0 Å². The number of pyridine rings is 1. The van der Waals surface area contributed by atoms with Crippen LogP contribution in [-0.4, -0.2) is 15.0 Å². The van der Waals surface area contributed by atoms with Crippen LogP contribution < -0.4 is 5.73 Å². The van der Waals surface area contributed by atoms with Crippen LogP contribution >= 0.6 is 27.5 Å². The summed E-state index contributed by atoms with van der Waals surface area (Å²) in [5, 5.41) is 0.550. The summed E-state index contributed by atoms with van der Waals surface area (Å²) in [6.07, 6.45) is 3.26. The SMILES string of the molecule is Nc1cc(Br)cc2[nH]c(-c3ccncc3Cl)nc12. The number of hydrogen-bond acceptors (Lipinski definition) is 3. The Morgan fingerprint density at radius 2 is 2.17 bits per heavy atom. The standard InChI is InChI=1S/C12H8BrClN4/c13-6-3-9(15)11-10(4-6)17-12(18-11)7-1-2-16-5-8(7)14/h1-5H,15H2,(H,17,18). The summed E-state index contributed by atoms with van der Waals surface area (Å²) >= 11 is 9.49. The molecule has 6 heteroatoms. The van der Waals surface area contributed by atoms with E-state index in [1.54, 1.807) is 12.4 Å². The lowest BCUT2D eigenvalue weighted by Gasteiger charge is -1.97. The highest BCUT2D eigenvalue weighted by Gasteiger charge is 2.11. The Morgan fingerprint density at radius 1 is 1.33 bits per heavy atom. The smallest absolute Gasteiger partial charge is 0.140 e. The molecule has 0 unspecified atom stereocenters. The predicted octanol–water partition coefficient (Wildman–Crippen LogP) is 3.62. The molecule has 3 N–H and O–H groups in total. The summed E-state index contributed by atoms with van der Waals surface area (Å²) < 4.78 is 0.906. The van der Waals surface area contributed by atoms with Gasteiger partial charge in [-0.15, -0.1) is 0 Å². The Labute approximate surface area is 116 Å². The van der Waals surface area contributed by atoms with Crippen LogP contribution in [0.4, 0.5) is 5.69 Å². The van der Waals surface area contributed by atoms with Gasteiger partial charge in [-0.05, 0) is 18.2 Å². The highest BCUT2D eigenvalue weighted by atomic mass is 79.9. The molecule has 0 saturated heterocycles. The third-order valence-electron chi connectivity index (χ3n) is 2.61. The van der Waals surface area contributed by atoms with Crippen LogP contribution in [0.15, 0.2) is 35.1 Å². The van der Waals surface area contributed by atoms with E-state index in [0.717, 1.165) is 21.1 Å². The zero-order valence-corrected chi connectivity index (χ0v) is 11.5. The van der Waals surface area contributed by atoms with Crippen molar-refractivity contribution in [2.75, 3.05) is 5.73 Å². The number of halogens is 2. The van der Waals surface area contributed by atoms with Crippen LogP contribution in [0.1, 0.15) is 0 Å². The van der Waals surface area contributed by atoms with E-state index in [9.17, 15) is 0 Å². The quantitative estimate of drug-likeness (QED) is 0.672. The predicted molar refractivity (Wildman–Crippen MR) is 76.4 cm³/mol. The molecule has 4 nitrogen and oxygen atoms in total. The zero-order valence-electron chi connectivity index (χ0n) is 9.11. The first-order valence-electron chi connectivity index (χ1n) is 5.20. The molecule has 2 aromatic heterocycles. The monoisotopic (exact) mass is 322 g/mol. The van der Waals surface area contributed by atoms with E-state index in [1.165, 1.54) is 0 Å². The number of rotatable bonds is 1. The lowest BCUT2D eigenvalue weighted by Crippen LogP contribution is -1.86. The summed E-state index contributed by atoms with van der Waals surface area (Å²) in [5.74, 6) is 0.683. The van der Waals surface area contributed by atoms with E-state index in [2.05, 4.69) is 30.9 Å². The summed E-state index contributed by atoms with van der Waals surface area (Å²) in [5.41, 5.74) is 8.95. The van der Waals surface area contributed by atoms with E-state index in [-0.39, 0.29) is 0 Å². The fourth-order valence-corrected chi connectivity index (χ4v) is 2.49. The number of H-pyrrole nitrogens is 1. The molecular formula is C12H8BrClN4. The molecule has 0 aliphatic rings. The minimum absolute atomic E-state index is 0.550. The van der Waals surface area contributed by atoms with Crippen molar-refractivity contribution in [1.29, 1.82) is 0 Å². The van der Waals surface area contributed by atoms with Gasteiger partial charge < -0.3 is 10.7 Å². The van der Waals surface area contributed by atoms with Crippen molar-refractivity contribution in [2.24, 2.45) is 0 Å². The second kappa shape index (κ2) is 4.26. The second-order valence-corrected chi connectivity index (χ2v) is 5.15. The van der Waals surface area contributed by atoms with Crippen LogP contribution in [0.2, 0.25) is 5.02 Å². The summed E-state index contributed by atoms with van der Waals surface area (Å²) in [7, 11) is 0. The maximum absolute atomic E-state index is 6.09. The van der Waals surface area contributed by atoms with Gasteiger partial charge in [-0.3, -0.25) is 4.98 Å². The number of benzene rings is 1. The topological polar surface area (TPSA) is 67.6 Å². The number of hydrogen-bond donors (Lipinski definition) is 2. The van der Waals surface area contributed by atoms with E-state index in [0.29, 0.717) is 16.5 Å². The first kappa shape index (κ1) is 11.5. The van der Waals surface area contributed by atoms with Gasteiger partial charge >= 0.3 is 0 Å². The first-order valence-corrected chi connectivity index (χ1v) is 6.37. The molecule has 2 heterocycles. The molecule has 1 aromatic carbocycles. The Balaban J connectivity index is 2.26. The van der Waals surface area contributed by atoms with Gasteiger partial charge in [-0.1, -0.05) is 27.5 Å². The number of aromatic nitrogens is 3. The minimum Gasteiger partial charge on any atom is -0.397 e. The molecule has 0 radical (unpaired) electrons. The van der Waals surface area contributed by atoms with Crippen LogP contribution in [0, 0.1) is 0 Å². The molecule has 0 spiro atoms. The van der Waals surface area contributed by atoms with E-state index in [4.69, 9.17) is 17.3 Å². The van der Waals surface area contributed by atoms with E-state index in [1.807, 2.05) is 18.2 Å². The summed E-state index contributed by atoms with van der Waals surface area (Å²) in [6.45, 7) is 0. The molecule has 0 saturated carbocycles. The van der Waals surface area contributed by atoms with Crippen LogP contribution in [0.25, 0.3) is 22.4 Å². The number of nitrogens with two attached hydrogens (primary N) is 1. The molecule has 0 fully saturated rings. The molecule has 18 heavy (non-hydrogen) atoms. The van der Waals surface area contributed by atoms with Crippen molar-refractivity contribution in [3.05, 3.63) is 40.1 Å². The second-order valence-electron chi connectivity index (χ2n) is 3.83. The Bertz CT molecular complexity index is 738. The van der Waals surface area contributed by atoms with Crippen molar-refractivity contribution in [3.63, 3.8) is 0 Å². The summed E-state index contributed by atoms with van der Waals surface area (Å²) in [6, 6.07) is 5.56. The van der Waals surface area contributed by atoms with Gasteiger partial charge in [-0.2, -0.15) is 0 Å². The van der Waals surface area contributed by atoms with Crippen molar-refractivity contribution in [3.8, 4) is 11.4 Å². The number of nitrogen functional groups attached to an aromatic ring is 1. The molecule has 0 amide bonds. The Hall–Kier alpha value is -1.59. The molecule has 3 rings (SSSR count). The number of anilines is 1. The van der Waals surface area contributed by atoms with Crippen LogP contribution in [0.3, 0.4) is 0 Å². The number of imidazole rings is 1. The fourth-order valence-electron chi connectivity index (χ4n) is 1.80. The van der Waals surface area contributed by atoms with Gasteiger partial charge in [0, 0.05) is 22.4 Å². The maximum Gasteiger partial charge on any atom is 0.140 e. The van der Waals surface area contributed by atoms with Crippen molar-refractivity contribution >= 4 is 44.3 Å². The zero-order chi connectivity index (χ0) is 12.7. The molecule has 0 atom stereocenters. The minimum atomic E-state index is 0.550. The third-order valence-corrected chi connectivity index (χ3v) is 3.37. The first-order chi connectivity index (χ1) is 8.65. The molecule has 0 aliphatic carbocycles. The van der Waals surface area contributed by atoms with Gasteiger partial charge in [0.05, 0.1) is 16.2 Å². The normalized spacial score (nSPS) is 11.0. The number of aromatic amines is 1. The van der Waals surface area contributed by atoms with Crippen molar-refractivity contribution in [2.45, 2.75) is 0 Å². The van der Waals surface area contributed by atoms with Crippen molar-refractivity contribution in [1.82, 2.24) is 15.0 Å². The van der Waals surface area contributed by atoms with Gasteiger partial charge in [0.25, 0.3) is 0 Å². The van der Waals surface area contributed by atoms with Gasteiger partial charge in [-0.25, -0.2) is 4.98 Å². The van der Waals surface area contributed by atoms with E-state index < -0.39 is 0 Å². The third kappa shape index (κ3) is 1.85. The lowest BCUT2D eigenvalue weighted by molar-refractivity contribution is 1.28. The lowest BCUT2D eigenvalue weighted by atomic mass is 10.2. The number of fused-ring (bicyclic) bond motifs is 1. The van der Waals surface area contributed by atoms with Gasteiger partial charge in [0.2, 0.25) is 0 Å². The fraction of sp³-hybridized carbons (Fsp3) is 0. The van der Waals surface area contributed by atoms with Crippen molar-refractivity contribution < 1.29 is 0 Å². The molecule has 0 bridgehead atoms. The van der Waals surface area contributed by atoms with Crippen LogP contribution in [-0.2, 0) is 0 Å². The van der Waals surface area contributed by atoms with Gasteiger partial charge in [0.15, 0.2) is 0 Å². The molecule has 0 aliphatic heterocycles. The Morgan fingerprint density at radius 3 is 2.94 bits per heavy atom. The average Bonchev–Trinajstić information content (AvgIpc) is 2.73. The number of nitrogens with zero attached hydrogens (tertiary/aromatic N) is 2. The maximum atomic E-state index is 6.09. The van der Waals surface area contributed by atoms with Gasteiger partial charge in [0.1, 0.15) is 11.3 Å². The highest BCUT2D eigenvalue weighted by molar-refractivity contribution is 9.10. The molecule has 3 aromatic rings. The Kier molecular flexibility index (Phi) is 2.72. The molecule has 90 valence electrons.